The van der Waals surface area contributed by atoms with Gasteiger partial charge in [-0.1, -0.05) is 35.4 Å². The van der Waals surface area contributed by atoms with E-state index >= 15 is 0 Å². The molecule has 0 heterocycles. The summed E-state index contributed by atoms with van der Waals surface area (Å²) in [4.78, 5) is 11.7. The molecule has 2 aromatic carbocycles. The molecule has 6 heteroatoms. The molecule has 0 N–H and O–H groups in total. The van der Waals surface area contributed by atoms with Crippen LogP contribution < -0.4 is 65.3 Å². The molecule has 0 radical (unpaired) electrons. The zero-order valence-electron chi connectivity index (χ0n) is 11.7. The smallest absolute Gasteiger partial charge is 0.736 e. The second kappa shape index (κ2) is 7.76. The van der Waals surface area contributed by atoms with Crippen molar-refractivity contribution in [2.45, 2.75) is 13.8 Å². The van der Waals surface area contributed by atoms with Gasteiger partial charge in [-0.25, -0.2) is 4.57 Å². The summed E-state index contributed by atoms with van der Waals surface area (Å²) in [5, 5.41) is 0. The average Bonchev–Trinajstić information content (AvgIpc) is 2.34. The molecule has 0 saturated heterocycles. The van der Waals surface area contributed by atoms with Gasteiger partial charge in [0.25, 0.3) is 0 Å². The van der Waals surface area contributed by atoms with Crippen LogP contribution in [0.15, 0.2) is 48.5 Å². The van der Waals surface area contributed by atoms with Crippen LogP contribution in [0.3, 0.4) is 0 Å². The van der Waals surface area contributed by atoms with Crippen LogP contribution in [0.1, 0.15) is 11.1 Å². The molecule has 0 aliphatic rings. The molecular weight excluding hydrogens is 302 g/mol. The molecule has 2 aromatic rings. The zero-order valence-corrected chi connectivity index (χ0v) is 15.7. The van der Waals surface area contributed by atoms with E-state index in [0.717, 1.165) is 11.1 Å². The van der Waals surface area contributed by atoms with E-state index in [1.807, 2.05) is 13.8 Å². The Morgan fingerprint density at radius 2 is 1.10 bits per heavy atom. The van der Waals surface area contributed by atoms with Crippen molar-refractivity contribution >= 4 is 7.82 Å². The molecule has 0 saturated carbocycles. The van der Waals surface area contributed by atoms with E-state index in [1.54, 1.807) is 48.5 Å². The Morgan fingerprint density at radius 3 is 1.40 bits per heavy atom. The number of hydrogen-bond acceptors (Lipinski definition) is 4. The Hall–Kier alpha value is -0.134. The molecule has 0 spiro atoms. The summed E-state index contributed by atoms with van der Waals surface area (Å²) >= 11 is 0. The summed E-state index contributed by atoms with van der Waals surface area (Å²) < 4.78 is 21.5. The van der Waals surface area contributed by atoms with Gasteiger partial charge < -0.3 is 13.9 Å². The fraction of sp³-hybridized carbons (Fsp3) is 0.143. The Balaban J connectivity index is 0.00000200. The van der Waals surface area contributed by atoms with Crippen LogP contribution in [0, 0.1) is 13.8 Å². The van der Waals surface area contributed by atoms with Gasteiger partial charge in [-0.05, 0) is 38.1 Å². The van der Waals surface area contributed by atoms with E-state index in [2.05, 4.69) is 0 Å². The SMILES string of the molecule is Cc1ccc(OP(=O)([O-])Oc2ccc(C)cc2)cc1.[K+]. The number of aryl methyl sites for hydroxylation is 2. The minimum atomic E-state index is -4.42. The standard InChI is InChI=1S/C14H15O4P.K/c1-11-3-7-13(8-4-11)17-19(15,16)18-14-9-5-12(2)6-10-14;/h3-10H,1-2H3,(H,15,16);/q;+1/p-1. The Morgan fingerprint density at radius 1 is 0.800 bits per heavy atom. The van der Waals surface area contributed by atoms with Crippen molar-refractivity contribution in [1.82, 2.24) is 0 Å². The van der Waals surface area contributed by atoms with E-state index in [9.17, 15) is 9.46 Å². The van der Waals surface area contributed by atoms with Crippen LogP contribution in [0.4, 0.5) is 0 Å². The normalized spacial score (nSPS) is 10.6. The van der Waals surface area contributed by atoms with Crippen molar-refractivity contribution in [3.05, 3.63) is 59.7 Å². The number of hydrogen-bond donors (Lipinski definition) is 0. The molecule has 0 aromatic heterocycles. The second-order valence-electron chi connectivity index (χ2n) is 4.26. The van der Waals surface area contributed by atoms with E-state index in [-0.39, 0.29) is 62.9 Å². The maximum absolute atomic E-state index is 11.7. The van der Waals surface area contributed by atoms with Crippen molar-refractivity contribution in [3.63, 3.8) is 0 Å². The minimum absolute atomic E-state index is 0. The summed E-state index contributed by atoms with van der Waals surface area (Å²) in [6.45, 7) is 3.81. The number of phosphoric ester groups is 1. The molecule has 20 heavy (non-hydrogen) atoms. The number of rotatable bonds is 4. The van der Waals surface area contributed by atoms with Gasteiger partial charge in [0.15, 0.2) is 0 Å². The van der Waals surface area contributed by atoms with E-state index in [0.29, 0.717) is 0 Å². The Bertz CT molecular complexity index is 544. The molecule has 0 amide bonds. The largest absolute Gasteiger partial charge is 1.00 e. The summed E-state index contributed by atoms with van der Waals surface area (Å²) in [7, 11) is -4.42. The summed E-state index contributed by atoms with van der Waals surface area (Å²) in [6, 6.07) is 13.4. The third-order valence-electron chi connectivity index (χ3n) is 2.48. The van der Waals surface area contributed by atoms with Gasteiger partial charge in [-0.15, -0.1) is 0 Å². The zero-order chi connectivity index (χ0) is 13.9. The van der Waals surface area contributed by atoms with Crippen molar-refractivity contribution in [1.29, 1.82) is 0 Å². The second-order valence-corrected chi connectivity index (χ2v) is 5.52. The molecule has 100 valence electrons. The first-order valence-corrected chi connectivity index (χ1v) is 7.24. The molecule has 0 unspecified atom stereocenters. The van der Waals surface area contributed by atoms with Crippen LogP contribution >= 0.6 is 7.82 Å². The van der Waals surface area contributed by atoms with Crippen LogP contribution in [-0.2, 0) is 4.57 Å². The fourth-order valence-electron chi connectivity index (χ4n) is 1.48. The topological polar surface area (TPSA) is 58.6 Å². The first kappa shape index (κ1) is 17.9. The van der Waals surface area contributed by atoms with Gasteiger partial charge >= 0.3 is 59.2 Å². The van der Waals surface area contributed by atoms with Gasteiger partial charge in [-0.3, -0.25) is 0 Å². The van der Waals surface area contributed by atoms with E-state index in [1.165, 1.54) is 0 Å². The Kier molecular flexibility index (Phi) is 6.95. The van der Waals surface area contributed by atoms with Crippen LogP contribution in [0.2, 0.25) is 0 Å². The molecular formula is C14H14KO4P. The molecule has 0 aliphatic heterocycles. The summed E-state index contributed by atoms with van der Waals surface area (Å²) in [5.74, 6) is 0.465. The third-order valence-corrected chi connectivity index (χ3v) is 3.35. The molecule has 0 fully saturated rings. The molecule has 0 bridgehead atoms. The first-order valence-electron chi connectivity index (χ1n) is 5.78. The van der Waals surface area contributed by atoms with Crippen molar-refractivity contribution in [2.75, 3.05) is 0 Å². The van der Waals surface area contributed by atoms with Gasteiger partial charge in [0.05, 0.1) is 0 Å². The third kappa shape index (κ3) is 5.70. The quantitative estimate of drug-likeness (QED) is 0.599. The van der Waals surface area contributed by atoms with Gasteiger partial charge in [-0.2, -0.15) is 0 Å². The van der Waals surface area contributed by atoms with Gasteiger partial charge in [0, 0.05) is 0 Å². The van der Waals surface area contributed by atoms with Crippen molar-refractivity contribution < 1.29 is 69.9 Å². The van der Waals surface area contributed by atoms with Gasteiger partial charge in [0.2, 0.25) is 0 Å². The summed E-state index contributed by atoms with van der Waals surface area (Å²) in [6.07, 6.45) is 0. The molecule has 0 atom stereocenters. The van der Waals surface area contributed by atoms with Crippen molar-refractivity contribution in [2.24, 2.45) is 0 Å². The predicted molar refractivity (Wildman–Crippen MR) is 71.2 cm³/mol. The number of phosphoric acid groups is 1. The first-order chi connectivity index (χ1) is 8.94. The maximum Gasteiger partial charge on any atom is 1.00 e. The van der Waals surface area contributed by atoms with Crippen LogP contribution in [0.5, 0.6) is 11.5 Å². The molecule has 0 aliphatic carbocycles. The van der Waals surface area contributed by atoms with E-state index < -0.39 is 7.82 Å². The fourth-order valence-corrected chi connectivity index (χ4v) is 2.27. The Labute approximate surface area is 161 Å². The van der Waals surface area contributed by atoms with Crippen molar-refractivity contribution in [3.8, 4) is 11.5 Å². The predicted octanol–water partition coefficient (Wildman–Crippen LogP) is 0.234. The van der Waals surface area contributed by atoms with Gasteiger partial charge in [0.1, 0.15) is 11.5 Å². The van der Waals surface area contributed by atoms with E-state index in [4.69, 9.17) is 9.05 Å². The molecule has 4 nitrogen and oxygen atoms in total. The van der Waals surface area contributed by atoms with Crippen LogP contribution in [-0.4, -0.2) is 0 Å². The monoisotopic (exact) mass is 316 g/mol. The van der Waals surface area contributed by atoms with Crippen LogP contribution in [0.25, 0.3) is 0 Å². The average molecular weight is 316 g/mol. The number of benzene rings is 2. The minimum Gasteiger partial charge on any atom is -0.736 e. The summed E-state index contributed by atoms with van der Waals surface area (Å²) in [5.41, 5.74) is 2.04. The maximum atomic E-state index is 11.7. The molecule has 2 rings (SSSR count).